The van der Waals surface area contributed by atoms with E-state index < -0.39 is 6.29 Å². The summed E-state index contributed by atoms with van der Waals surface area (Å²) < 4.78 is 10.2. The molecule has 1 atom stereocenters. The highest BCUT2D eigenvalue weighted by Crippen LogP contribution is 2.09. The van der Waals surface area contributed by atoms with Crippen LogP contribution in [0.15, 0.2) is 0 Å². The van der Waals surface area contributed by atoms with E-state index in [2.05, 4.69) is 6.92 Å². The third kappa shape index (κ3) is 11.7. The molecule has 0 radical (unpaired) electrons. The first-order valence-corrected chi connectivity index (χ1v) is 7.01. The van der Waals surface area contributed by atoms with Gasteiger partial charge in [-0.15, -0.1) is 0 Å². The Kier molecular flexibility index (Phi) is 11.5. The number of ether oxygens (including phenoxy) is 2. The molecule has 0 fully saturated rings. The summed E-state index contributed by atoms with van der Waals surface area (Å²) in [6.45, 7) is 6.44. The van der Waals surface area contributed by atoms with Gasteiger partial charge in [-0.25, -0.2) is 0 Å². The first-order valence-electron chi connectivity index (χ1n) is 7.01. The number of rotatable bonds is 11. The third-order valence-electron chi connectivity index (χ3n) is 2.68. The maximum atomic E-state index is 11.4. The predicted octanol–water partition coefficient (Wildman–Crippen LogP) is 4.05. The molecular formula is C14H28O3. The van der Waals surface area contributed by atoms with Gasteiger partial charge in [0.15, 0.2) is 6.29 Å². The van der Waals surface area contributed by atoms with E-state index >= 15 is 0 Å². The average molecular weight is 244 g/mol. The van der Waals surface area contributed by atoms with E-state index in [-0.39, 0.29) is 5.97 Å². The average Bonchev–Trinajstić information content (AvgIpc) is 2.28. The molecule has 0 saturated carbocycles. The van der Waals surface area contributed by atoms with Crippen LogP contribution in [0.25, 0.3) is 0 Å². The van der Waals surface area contributed by atoms with Crippen molar-refractivity contribution < 1.29 is 14.3 Å². The lowest BCUT2D eigenvalue weighted by Crippen LogP contribution is -2.17. The zero-order chi connectivity index (χ0) is 12.9. The number of carbonyl (C=O) groups excluding carboxylic acids is 1. The van der Waals surface area contributed by atoms with Crippen LogP contribution < -0.4 is 0 Å². The highest BCUT2D eigenvalue weighted by atomic mass is 16.7. The Morgan fingerprint density at radius 2 is 1.59 bits per heavy atom. The molecule has 0 aliphatic heterocycles. The summed E-state index contributed by atoms with van der Waals surface area (Å²) in [6.07, 6.45) is 8.62. The van der Waals surface area contributed by atoms with Crippen LogP contribution in [0.1, 0.15) is 72.1 Å². The first-order chi connectivity index (χ1) is 8.20. The molecule has 0 aromatic rings. The quantitative estimate of drug-likeness (QED) is 0.312. The van der Waals surface area contributed by atoms with Crippen LogP contribution in [0.5, 0.6) is 0 Å². The smallest absolute Gasteiger partial charge is 0.308 e. The van der Waals surface area contributed by atoms with Crippen molar-refractivity contribution in [3.05, 3.63) is 0 Å². The lowest BCUT2D eigenvalue weighted by Gasteiger charge is -2.12. The summed E-state index contributed by atoms with van der Waals surface area (Å²) >= 11 is 0. The summed E-state index contributed by atoms with van der Waals surface area (Å²) in [4.78, 5) is 11.4. The highest BCUT2D eigenvalue weighted by molar-refractivity contribution is 5.69. The molecule has 0 rings (SSSR count). The van der Waals surface area contributed by atoms with Gasteiger partial charge in [0.2, 0.25) is 0 Å². The minimum Gasteiger partial charge on any atom is -0.436 e. The van der Waals surface area contributed by atoms with E-state index in [4.69, 9.17) is 9.47 Å². The van der Waals surface area contributed by atoms with Crippen molar-refractivity contribution in [2.24, 2.45) is 0 Å². The van der Waals surface area contributed by atoms with Crippen molar-refractivity contribution in [2.45, 2.75) is 78.4 Å². The Morgan fingerprint density at radius 1 is 1.00 bits per heavy atom. The maximum Gasteiger partial charge on any atom is 0.308 e. The van der Waals surface area contributed by atoms with Gasteiger partial charge in [0.25, 0.3) is 0 Å². The maximum absolute atomic E-state index is 11.4. The fourth-order valence-corrected chi connectivity index (χ4v) is 1.74. The summed E-state index contributed by atoms with van der Waals surface area (Å²) in [5.41, 5.74) is 0. The molecule has 0 aliphatic rings. The van der Waals surface area contributed by atoms with Crippen molar-refractivity contribution in [1.82, 2.24) is 0 Å². The van der Waals surface area contributed by atoms with Crippen LogP contribution in [-0.2, 0) is 14.3 Å². The second kappa shape index (κ2) is 11.9. The lowest BCUT2D eigenvalue weighted by molar-refractivity contribution is -0.173. The standard InChI is InChI=1S/C14H28O3/c1-4-6-7-8-9-10-11-12-14(15)17-13(3)16-5-2/h13H,4-12H2,1-3H3. The molecule has 0 aliphatic carbocycles. The molecule has 0 aromatic heterocycles. The minimum absolute atomic E-state index is 0.139. The Bertz CT molecular complexity index is 180. The molecule has 3 nitrogen and oxygen atoms in total. The van der Waals surface area contributed by atoms with E-state index in [9.17, 15) is 4.79 Å². The summed E-state index contributed by atoms with van der Waals surface area (Å²) in [5.74, 6) is -0.139. The normalized spacial score (nSPS) is 12.4. The lowest BCUT2D eigenvalue weighted by atomic mass is 10.1. The molecule has 0 bridgehead atoms. The Morgan fingerprint density at radius 3 is 2.18 bits per heavy atom. The summed E-state index contributed by atoms with van der Waals surface area (Å²) in [7, 11) is 0. The zero-order valence-corrected chi connectivity index (χ0v) is 11.7. The van der Waals surface area contributed by atoms with Crippen LogP contribution >= 0.6 is 0 Å². The van der Waals surface area contributed by atoms with Crippen LogP contribution in [0.4, 0.5) is 0 Å². The van der Waals surface area contributed by atoms with E-state index in [1.54, 1.807) is 6.92 Å². The van der Waals surface area contributed by atoms with Gasteiger partial charge in [-0.1, -0.05) is 45.4 Å². The van der Waals surface area contributed by atoms with Crippen LogP contribution in [0.3, 0.4) is 0 Å². The van der Waals surface area contributed by atoms with E-state index in [1.807, 2.05) is 6.92 Å². The topological polar surface area (TPSA) is 35.5 Å². The van der Waals surface area contributed by atoms with Crippen LogP contribution in [0.2, 0.25) is 0 Å². The molecule has 0 saturated heterocycles. The Balaban J connectivity index is 3.27. The molecule has 3 heteroatoms. The van der Waals surface area contributed by atoms with E-state index in [0.29, 0.717) is 13.0 Å². The first kappa shape index (κ1) is 16.4. The number of hydrogen-bond donors (Lipinski definition) is 0. The number of hydrogen-bond acceptors (Lipinski definition) is 3. The van der Waals surface area contributed by atoms with Gasteiger partial charge in [-0.3, -0.25) is 4.79 Å². The monoisotopic (exact) mass is 244 g/mol. The molecule has 0 amide bonds. The molecule has 0 N–H and O–H groups in total. The molecule has 0 aromatic carbocycles. The minimum atomic E-state index is -0.406. The molecule has 0 heterocycles. The molecule has 102 valence electrons. The molecule has 1 unspecified atom stereocenters. The van der Waals surface area contributed by atoms with Crippen molar-refractivity contribution >= 4 is 5.97 Å². The second-order valence-corrected chi connectivity index (χ2v) is 4.38. The van der Waals surface area contributed by atoms with Crippen molar-refractivity contribution in [3.63, 3.8) is 0 Å². The third-order valence-corrected chi connectivity index (χ3v) is 2.68. The summed E-state index contributed by atoms with van der Waals surface area (Å²) in [5, 5.41) is 0. The van der Waals surface area contributed by atoms with Gasteiger partial charge in [0.05, 0.1) is 0 Å². The van der Waals surface area contributed by atoms with Crippen molar-refractivity contribution in [1.29, 1.82) is 0 Å². The molecule has 17 heavy (non-hydrogen) atoms. The Hall–Kier alpha value is -0.570. The second-order valence-electron chi connectivity index (χ2n) is 4.38. The Labute approximate surface area is 106 Å². The fraction of sp³-hybridized carbons (Fsp3) is 0.929. The largest absolute Gasteiger partial charge is 0.436 e. The van der Waals surface area contributed by atoms with Crippen LogP contribution in [0, 0.1) is 0 Å². The number of unbranched alkanes of at least 4 members (excludes halogenated alkanes) is 6. The molecular weight excluding hydrogens is 216 g/mol. The van der Waals surface area contributed by atoms with Crippen molar-refractivity contribution in [2.75, 3.05) is 6.61 Å². The van der Waals surface area contributed by atoms with E-state index in [1.165, 1.54) is 32.1 Å². The van der Waals surface area contributed by atoms with Gasteiger partial charge >= 0.3 is 5.97 Å². The predicted molar refractivity (Wildman–Crippen MR) is 69.8 cm³/mol. The fourth-order valence-electron chi connectivity index (χ4n) is 1.74. The van der Waals surface area contributed by atoms with Gasteiger partial charge in [-0.2, -0.15) is 0 Å². The summed E-state index contributed by atoms with van der Waals surface area (Å²) in [6, 6.07) is 0. The van der Waals surface area contributed by atoms with E-state index in [0.717, 1.165) is 12.8 Å². The molecule has 0 spiro atoms. The van der Waals surface area contributed by atoms with Crippen molar-refractivity contribution in [3.8, 4) is 0 Å². The van der Waals surface area contributed by atoms with Gasteiger partial charge in [-0.05, 0) is 20.3 Å². The van der Waals surface area contributed by atoms with Crippen LogP contribution in [-0.4, -0.2) is 18.9 Å². The zero-order valence-electron chi connectivity index (χ0n) is 11.7. The van der Waals surface area contributed by atoms with Gasteiger partial charge in [0, 0.05) is 13.0 Å². The number of carbonyl (C=O) groups is 1. The van der Waals surface area contributed by atoms with Gasteiger partial charge < -0.3 is 9.47 Å². The number of esters is 1. The SMILES string of the molecule is CCCCCCCCCC(=O)OC(C)OCC. The van der Waals surface area contributed by atoms with Gasteiger partial charge in [0.1, 0.15) is 0 Å². The highest BCUT2D eigenvalue weighted by Gasteiger charge is 2.08.